The molecule has 75 heavy (non-hydrogen) atoms. The van der Waals surface area contributed by atoms with Crippen molar-refractivity contribution in [3.05, 3.63) is 210 Å². The average molecular weight is 974 g/mol. The standard InChI is InChI=1S/C72H67N3/c1-69(2,3)46-23-33-63-59(38-46)60-39-47(70(4,5)6)24-34-64(60)73(63)51-28-31-57-58-32-29-52(74-65-35-25-48(71(7,8)9)40-61(65)62-41-49(72(10,11)12)26-36-66(62)74)43-68(58)75(67(57)42-51)50-27-30-54-45(37-50)19-16-22-56(54)55-21-15-18-44-17-13-14-20-53(44)55/h13-43H,1-12H3. The molecule has 0 atom stereocenters. The second kappa shape index (κ2) is 16.3. The van der Waals surface area contributed by atoms with Crippen LogP contribution in [0.25, 0.3) is 115 Å². The molecule has 3 heteroatoms. The van der Waals surface area contributed by atoms with E-state index in [0.29, 0.717) is 0 Å². The number of nitrogens with zero attached hydrogens (tertiary/aromatic N) is 3. The summed E-state index contributed by atoms with van der Waals surface area (Å²) in [6.07, 6.45) is 0. The van der Waals surface area contributed by atoms with Crippen LogP contribution in [0.5, 0.6) is 0 Å². The van der Waals surface area contributed by atoms with Crippen LogP contribution in [0.2, 0.25) is 0 Å². The maximum absolute atomic E-state index is 2.54. The molecule has 0 bridgehead atoms. The van der Waals surface area contributed by atoms with Gasteiger partial charge in [0.1, 0.15) is 0 Å². The highest BCUT2D eigenvalue weighted by molar-refractivity contribution is 6.15. The predicted molar refractivity (Wildman–Crippen MR) is 325 cm³/mol. The van der Waals surface area contributed by atoms with Crippen LogP contribution in [0.4, 0.5) is 0 Å². The van der Waals surface area contributed by atoms with Gasteiger partial charge in [0, 0.05) is 49.4 Å². The van der Waals surface area contributed by atoms with Gasteiger partial charge in [-0.3, -0.25) is 0 Å². The van der Waals surface area contributed by atoms with Crippen molar-refractivity contribution >= 4 is 87.0 Å². The van der Waals surface area contributed by atoms with Gasteiger partial charge < -0.3 is 13.7 Å². The smallest absolute Gasteiger partial charge is 0.0561 e. The fourth-order valence-corrected chi connectivity index (χ4v) is 12.1. The normalized spacial score (nSPS) is 13.1. The minimum atomic E-state index is 0.0163. The maximum Gasteiger partial charge on any atom is 0.0561 e. The number of aromatic nitrogens is 3. The predicted octanol–water partition coefficient (Wildman–Crippen LogP) is 20.1. The molecule has 10 aromatic carbocycles. The van der Waals surface area contributed by atoms with Crippen molar-refractivity contribution in [1.82, 2.24) is 13.7 Å². The molecule has 0 aliphatic rings. The highest BCUT2D eigenvalue weighted by atomic mass is 15.0. The summed E-state index contributed by atoms with van der Waals surface area (Å²) in [6.45, 7) is 27.8. The van der Waals surface area contributed by atoms with Crippen molar-refractivity contribution < 1.29 is 0 Å². The molecule has 0 saturated carbocycles. The monoisotopic (exact) mass is 974 g/mol. The van der Waals surface area contributed by atoms with Crippen LogP contribution in [-0.4, -0.2) is 13.7 Å². The largest absolute Gasteiger partial charge is 0.309 e. The fourth-order valence-electron chi connectivity index (χ4n) is 12.1. The summed E-state index contributed by atoms with van der Waals surface area (Å²) in [5, 5.41) is 12.6. The number of rotatable bonds is 4. The average Bonchev–Trinajstić information content (AvgIpc) is 4.01. The van der Waals surface area contributed by atoms with Crippen LogP contribution in [0.1, 0.15) is 105 Å². The Morgan fingerprint density at radius 1 is 0.227 bits per heavy atom. The van der Waals surface area contributed by atoms with E-state index in [9.17, 15) is 0 Å². The summed E-state index contributed by atoms with van der Waals surface area (Å²) < 4.78 is 7.54. The first-order valence-corrected chi connectivity index (χ1v) is 27.0. The van der Waals surface area contributed by atoms with Gasteiger partial charge in [-0.05, 0) is 162 Å². The highest BCUT2D eigenvalue weighted by Crippen LogP contribution is 2.44. The Labute approximate surface area is 441 Å². The van der Waals surface area contributed by atoms with Gasteiger partial charge in [-0.25, -0.2) is 0 Å². The maximum atomic E-state index is 2.54. The molecule has 0 spiro atoms. The Bertz CT molecular complexity index is 4140. The molecule has 0 saturated heterocycles. The Morgan fingerprint density at radius 2 is 0.547 bits per heavy atom. The molecule has 0 radical (unpaired) electrons. The summed E-state index contributed by atoms with van der Waals surface area (Å²) in [5.41, 5.74) is 18.6. The fraction of sp³-hybridized carbons (Fsp3) is 0.222. The molecular formula is C72H67N3. The Morgan fingerprint density at radius 3 is 0.947 bits per heavy atom. The summed E-state index contributed by atoms with van der Waals surface area (Å²) in [5.74, 6) is 0. The lowest BCUT2D eigenvalue weighted by atomic mass is 9.85. The third-order valence-corrected chi connectivity index (χ3v) is 16.4. The van der Waals surface area contributed by atoms with E-state index >= 15 is 0 Å². The van der Waals surface area contributed by atoms with Crippen LogP contribution in [-0.2, 0) is 21.7 Å². The second-order valence-corrected chi connectivity index (χ2v) is 25.6. The van der Waals surface area contributed by atoms with E-state index in [2.05, 4.69) is 285 Å². The van der Waals surface area contributed by atoms with Gasteiger partial charge >= 0.3 is 0 Å². The number of hydrogen-bond donors (Lipinski definition) is 0. The molecule has 3 nitrogen and oxygen atoms in total. The second-order valence-electron chi connectivity index (χ2n) is 25.6. The Kier molecular flexibility index (Phi) is 10.2. The van der Waals surface area contributed by atoms with Crippen molar-refractivity contribution in [3.8, 4) is 28.2 Å². The van der Waals surface area contributed by atoms with Crippen LogP contribution in [0, 0.1) is 0 Å². The molecule has 13 rings (SSSR count). The van der Waals surface area contributed by atoms with Crippen molar-refractivity contribution in [2.24, 2.45) is 0 Å². The zero-order chi connectivity index (χ0) is 52.1. The first-order valence-electron chi connectivity index (χ1n) is 27.0. The van der Waals surface area contributed by atoms with E-state index in [1.165, 1.54) is 120 Å². The van der Waals surface area contributed by atoms with E-state index in [0.717, 1.165) is 17.1 Å². The topological polar surface area (TPSA) is 14.8 Å². The van der Waals surface area contributed by atoms with Crippen LogP contribution in [0.3, 0.4) is 0 Å². The highest BCUT2D eigenvalue weighted by Gasteiger charge is 2.25. The quantitative estimate of drug-likeness (QED) is 0.167. The summed E-state index contributed by atoms with van der Waals surface area (Å²) in [4.78, 5) is 0. The SMILES string of the molecule is CC(C)(C)c1ccc2c(c1)c1cc(C(C)(C)C)ccc1n2-c1ccc2c3ccc(-n4c5ccc(C(C)(C)C)cc5c5cc(C(C)(C)C)ccc54)cc3n(-c3ccc4c(-c5cccc6ccccc56)cccc4c3)c2c1. The van der Waals surface area contributed by atoms with Gasteiger partial charge in [0.15, 0.2) is 0 Å². The summed E-state index contributed by atoms with van der Waals surface area (Å²) in [7, 11) is 0. The lowest BCUT2D eigenvalue weighted by Gasteiger charge is -2.19. The molecule has 0 aliphatic heterocycles. The Balaban J connectivity index is 1.09. The number of hydrogen-bond acceptors (Lipinski definition) is 0. The molecule has 3 heterocycles. The van der Waals surface area contributed by atoms with E-state index in [-0.39, 0.29) is 21.7 Å². The molecule has 0 fully saturated rings. The van der Waals surface area contributed by atoms with Gasteiger partial charge in [-0.15, -0.1) is 0 Å². The van der Waals surface area contributed by atoms with E-state index in [4.69, 9.17) is 0 Å². The van der Waals surface area contributed by atoms with Gasteiger partial charge in [0.05, 0.1) is 33.1 Å². The third kappa shape index (κ3) is 7.52. The molecule has 0 amide bonds. The molecule has 0 unspecified atom stereocenters. The molecule has 370 valence electrons. The third-order valence-electron chi connectivity index (χ3n) is 16.4. The Hall–Kier alpha value is -7.88. The minimum absolute atomic E-state index is 0.0163. The van der Waals surface area contributed by atoms with Gasteiger partial charge in [-0.2, -0.15) is 0 Å². The first kappa shape index (κ1) is 46.9. The lowest BCUT2D eigenvalue weighted by molar-refractivity contribution is 0.590. The van der Waals surface area contributed by atoms with Crippen LogP contribution in [0.15, 0.2) is 188 Å². The molecular weight excluding hydrogens is 907 g/mol. The van der Waals surface area contributed by atoms with Crippen molar-refractivity contribution in [1.29, 1.82) is 0 Å². The molecule has 0 N–H and O–H groups in total. The molecule has 13 aromatic rings. The van der Waals surface area contributed by atoms with Crippen molar-refractivity contribution in [2.45, 2.75) is 105 Å². The van der Waals surface area contributed by atoms with E-state index in [1.807, 2.05) is 0 Å². The lowest BCUT2D eigenvalue weighted by Crippen LogP contribution is -2.10. The molecule has 3 aromatic heterocycles. The van der Waals surface area contributed by atoms with Gasteiger partial charge in [0.2, 0.25) is 0 Å². The van der Waals surface area contributed by atoms with Crippen molar-refractivity contribution in [2.75, 3.05) is 0 Å². The number of fused-ring (bicyclic) bond motifs is 11. The van der Waals surface area contributed by atoms with Gasteiger partial charge in [-0.1, -0.05) is 186 Å². The number of benzene rings is 10. The van der Waals surface area contributed by atoms with E-state index < -0.39 is 0 Å². The molecule has 0 aliphatic carbocycles. The van der Waals surface area contributed by atoms with E-state index in [1.54, 1.807) is 0 Å². The zero-order valence-electron chi connectivity index (χ0n) is 45.7. The summed E-state index contributed by atoms with van der Waals surface area (Å²) in [6, 6.07) is 72.2. The zero-order valence-corrected chi connectivity index (χ0v) is 45.7. The minimum Gasteiger partial charge on any atom is -0.309 e. The summed E-state index contributed by atoms with van der Waals surface area (Å²) >= 11 is 0. The van der Waals surface area contributed by atoms with Gasteiger partial charge in [0.25, 0.3) is 0 Å². The van der Waals surface area contributed by atoms with Crippen molar-refractivity contribution in [3.63, 3.8) is 0 Å². The van der Waals surface area contributed by atoms with Crippen LogP contribution >= 0.6 is 0 Å². The van der Waals surface area contributed by atoms with Crippen LogP contribution < -0.4 is 0 Å². The first-order chi connectivity index (χ1) is 35.7.